The Morgan fingerprint density at radius 2 is 2.10 bits per heavy atom. The minimum Gasteiger partial charge on any atom is -0.384 e. The number of allylic oxidation sites excluding steroid dienone is 1. The SMILES string of the molecule is C=C/C(=C\c1nc(N)ccc1C)C(C)(C)C(=O)NC=O. The predicted molar refractivity (Wildman–Crippen MR) is 79.5 cm³/mol. The zero-order valence-corrected chi connectivity index (χ0v) is 11.9. The fourth-order valence-electron chi connectivity index (χ4n) is 1.71. The second kappa shape index (κ2) is 6.14. The number of carbonyl (C=O) groups is 2. The maximum Gasteiger partial charge on any atom is 0.236 e. The van der Waals surface area contributed by atoms with Crippen molar-refractivity contribution in [2.24, 2.45) is 5.41 Å². The zero-order chi connectivity index (χ0) is 15.3. The molecular formula is C15H19N3O2. The molecular weight excluding hydrogens is 254 g/mol. The van der Waals surface area contributed by atoms with Crippen LogP contribution in [0.3, 0.4) is 0 Å². The number of aryl methyl sites for hydroxylation is 1. The van der Waals surface area contributed by atoms with Gasteiger partial charge >= 0.3 is 0 Å². The van der Waals surface area contributed by atoms with Crippen molar-refractivity contribution in [1.29, 1.82) is 0 Å². The molecule has 0 fully saturated rings. The predicted octanol–water partition coefficient (Wildman–Crippen LogP) is 1.84. The highest BCUT2D eigenvalue weighted by molar-refractivity contribution is 5.93. The van der Waals surface area contributed by atoms with Crippen LogP contribution in [0.2, 0.25) is 0 Å². The minimum absolute atomic E-state index is 0.370. The summed E-state index contributed by atoms with van der Waals surface area (Å²) in [6.07, 6.45) is 3.70. The van der Waals surface area contributed by atoms with Gasteiger partial charge in [0.2, 0.25) is 12.3 Å². The van der Waals surface area contributed by atoms with E-state index in [1.807, 2.05) is 13.0 Å². The summed E-state index contributed by atoms with van der Waals surface area (Å²) >= 11 is 0. The first kappa shape index (κ1) is 15.6. The van der Waals surface area contributed by atoms with Gasteiger partial charge in [-0.2, -0.15) is 0 Å². The quantitative estimate of drug-likeness (QED) is 0.633. The van der Waals surface area contributed by atoms with E-state index in [0.717, 1.165) is 5.56 Å². The van der Waals surface area contributed by atoms with Gasteiger partial charge in [-0.15, -0.1) is 0 Å². The monoisotopic (exact) mass is 273 g/mol. The molecule has 2 amide bonds. The number of pyridine rings is 1. The number of carbonyl (C=O) groups excluding carboxylic acids is 2. The molecule has 20 heavy (non-hydrogen) atoms. The molecule has 0 spiro atoms. The topological polar surface area (TPSA) is 85.1 Å². The van der Waals surface area contributed by atoms with E-state index in [0.29, 0.717) is 23.5 Å². The molecule has 0 bridgehead atoms. The average molecular weight is 273 g/mol. The first-order valence-corrected chi connectivity index (χ1v) is 6.15. The normalized spacial score (nSPS) is 11.8. The molecule has 0 radical (unpaired) electrons. The number of hydrogen-bond acceptors (Lipinski definition) is 4. The molecule has 0 saturated carbocycles. The lowest BCUT2D eigenvalue weighted by molar-refractivity contribution is -0.130. The Morgan fingerprint density at radius 1 is 1.45 bits per heavy atom. The molecule has 5 nitrogen and oxygen atoms in total. The Labute approximate surface area is 118 Å². The summed E-state index contributed by atoms with van der Waals surface area (Å²) in [4.78, 5) is 26.6. The Kier molecular flexibility index (Phi) is 4.80. The van der Waals surface area contributed by atoms with Gasteiger partial charge in [-0.25, -0.2) is 4.98 Å². The molecule has 0 aromatic carbocycles. The third-order valence-corrected chi connectivity index (χ3v) is 3.15. The molecule has 0 aliphatic carbocycles. The highest BCUT2D eigenvalue weighted by Crippen LogP contribution is 2.29. The molecule has 1 heterocycles. The van der Waals surface area contributed by atoms with Crippen LogP contribution in [0.1, 0.15) is 25.1 Å². The molecule has 1 rings (SSSR count). The highest BCUT2D eigenvalue weighted by Gasteiger charge is 2.30. The summed E-state index contributed by atoms with van der Waals surface area (Å²) in [5, 5.41) is 2.16. The fourth-order valence-corrected chi connectivity index (χ4v) is 1.71. The van der Waals surface area contributed by atoms with Crippen LogP contribution >= 0.6 is 0 Å². The Balaban J connectivity index is 3.27. The number of nitrogens with zero attached hydrogens (tertiary/aromatic N) is 1. The number of amides is 2. The first-order valence-electron chi connectivity index (χ1n) is 6.15. The summed E-state index contributed by atoms with van der Waals surface area (Å²) in [5.41, 5.74) is 7.03. The number of nitrogens with two attached hydrogens (primary N) is 1. The van der Waals surface area contributed by atoms with Crippen molar-refractivity contribution in [3.05, 3.63) is 41.6 Å². The van der Waals surface area contributed by atoms with E-state index in [1.54, 1.807) is 32.1 Å². The Morgan fingerprint density at radius 3 is 2.65 bits per heavy atom. The van der Waals surface area contributed by atoms with Gasteiger partial charge < -0.3 is 5.73 Å². The van der Waals surface area contributed by atoms with Gasteiger partial charge in [0.05, 0.1) is 11.1 Å². The molecule has 0 aliphatic heterocycles. The van der Waals surface area contributed by atoms with Crippen molar-refractivity contribution in [3.63, 3.8) is 0 Å². The van der Waals surface area contributed by atoms with Crippen molar-refractivity contribution in [1.82, 2.24) is 10.3 Å². The number of nitrogen functional groups attached to an aromatic ring is 1. The average Bonchev–Trinajstić information content (AvgIpc) is 2.39. The number of hydrogen-bond donors (Lipinski definition) is 2. The Bertz CT molecular complexity index is 574. The molecule has 0 unspecified atom stereocenters. The van der Waals surface area contributed by atoms with Gasteiger partial charge in [-0.1, -0.05) is 18.7 Å². The summed E-state index contributed by atoms with van der Waals surface area (Å²) in [6, 6.07) is 3.57. The van der Waals surface area contributed by atoms with Crippen molar-refractivity contribution in [2.45, 2.75) is 20.8 Å². The summed E-state index contributed by atoms with van der Waals surface area (Å²) in [6.45, 7) is 9.04. The van der Waals surface area contributed by atoms with Gasteiger partial charge in [-0.3, -0.25) is 14.9 Å². The largest absolute Gasteiger partial charge is 0.384 e. The molecule has 106 valence electrons. The van der Waals surface area contributed by atoms with Crippen molar-refractivity contribution < 1.29 is 9.59 Å². The van der Waals surface area contributed by atoms with Gasteiger partial charge in [0, 0.05) is 0 Å². The van der Waals surface area contributed by atoms with Crippen molar-refractivity contribution >= 4 is 24.2 Å². The lowest BCUT2D eigenvalue weighted by Crippen LogP contribution is -2.37. The second-order valence-electron chi connectivity index (χ2n) is 4.96. The lowest BCUT2D eigenvalue weighted by atomic mass is 9.82. The molecule has 1 aromatic heterocycles. The van der Waals surface area contributed by atoms with Gasteiger partial charge in [0.15, 0.2) is 0 Å². The van der Waals surface area contributed by atoms with Gasteiger partial charge in [-0.05, 0) is 44.1 Å². The Hall–Kier alpha value is -2.43. The number of anilines is 1. The second-order valence-corrected chi connectivity index (χ2v) is 4.96. The van der Waals surface area contributed by atoms with E-state index in [4.69, 9.17) is 5.73 Å². The molecule has 0 aliphatic rings. The summed E-state index contributed by atoms with van der Waals surface area (Å²) < 4.78 is 0. The molecule has 0 saturated heterocycles. The number of nitrogens with one attached hydrogen (secondary N) is 1. The zero-order valence-electron chi connectivity index (χ0n) is 11.9. The van der Waals surface area contributed by atoms with Crippen LogP contribution in [-0.4, -0.2) is 17.3 Å². The van der Waals surface area contributed by atoms with Gasteiger partial charge in [0.1, 0.15) is 5.82 Å². The highest BCUT2D eigenvalue weighted by atomic mass is 16.2. The third-order valence-electron chi connectivity index (χ3n) is 3.15. The van der Waals surface area contributed by atoms with Crippen LogP contribution in [0.4, 0.5) is 5.82 Å². The third kappa shape index (κ3) is 3.32. The smallest absolute Gasteiger partial charge is 0.236 e. The van der Waals surface area contributed by atoms with E-state index >= 15 is 0 Å². The first-order chi connectivity index (χ1) is 9.32. The number of imide groups is 1. The van der Waals surface area contributed by atoms with Crippen molar-refractivity contribution in [2.75, 3.05) is 5.73 Å². The standard InChI is InChI=1S/C15H19N3O2/c1-5-11(15(3,4)14(20)17-9-19)8-12-10(2)6-7-13(16)18-12/h5-9H,1H2,2-4H3,(H2,16,18)(H,17,19,20)/b11-8+. The fraction of sp³-hybridized carbons (Fsp3) is 0.267. The molecule has 0 atom stereocenters. The molecule has 1 aromatic rings. The van der Waals surface area contributed by atoms with E-state index in [2.05, 4.69) is 16.9 Å². The van der Waals surface area contributed by atoms with Gasteiger partial charge in [0.25, 0.3) is 0 Å². The van der Waals surface area contributed by atoms with Crippen LogP contribution in [0, 0.1) is 12.3 Å². The molecule has 3 N–H and O–H groups in total. The molecule has 5 heteroatoms. The van der Waals surface area contributed by atoms with E-state index < -0.39 is 11.3 Å². The van der Waals surface area contributed by atoms with Crippen molar-refractivity contribution in [3.8, 4) is 0 Å². The van der Waals surface area contributed by atoms with Crippen LogP contribution in [0.15, 0.2) is 30.4 Å². The van der Waals surface area contributed by atoms with Crippen LogP contribution in [0.5, 0.6) is 0 Å². The maximum atomic E-state index is 11.9. The minimum atomic E-state index is -0.901. The van der Waals surface area contributed by atoms with E-state index in [9.17, 15) is 9.59 Å². The number of rotatable bonds is 5. The maximum absolute atomic E-state index is 11.9. The lowest BCUT2D eigenvalue weighted by Gasteiger charge is -2.23. The van der Waals surface area contributed by atoms with Crippen LogP contribution < -0.4 is 11.1 Å². The van der Waals surface area contributed by atoms with E-state index in [1.165, 1.54) is 0 Å². The summed E-state index contributed by atoms with van der Waals surface area (Å²) in [5.74, 6) is 0.000572. The summed E-state index contributed by atoms with van der Waals surface area (Å²) in [7, 11) is 0. The van der Waals surface area contributed by atoms with Crippen LogP contribution in [-0.2, 0) is 9.59 Å². The van der Waals surface area contributed by atoms with E-state index in [-0.39, 0.29) is 0 Å². The number of aromatic nitrogens is 1. The van der Waals surface area contributed by atoms with Crippen LogP contribution in [0.25, 0.3) is 6.08 Å².